The van der Waals surface area contributed by atoms with Gasteiger partial charge in [-0.1, -0.05) is 36.9 Å². The quantitative estimate of drug-likeness (QED) is 0.205. The van der Waals surface area contributed by atoms with Gasteiger partial charge in [-0.05, 0) is 30.7 Å². The van der Waals surface area contributed by atoms with Crippen LogP contribution in [0.1, 0.15) is 18.9 Å². The van der Waals surface area contributed by atoms with Crippen molar-refractivity contribution in [3.8, 4) is 5.75 Å². The number of benzene rings is 1. The zero-order valence-electron chi connectivity index (χ0n) is 16.8. The normalized spacial score (nSPS) is 12.9. The van der Waals surface area contributed by atoms with Crippen LogP contribution in [0.4, 0.5) is 0 Å². The predicted octanol–water partition coefficient (Wildman–Crippen LogP) is 4.40. The molecule has 0 saturated carbocycles. The van der Waals surface area contributed by atoms with Gasteiger partial charge in [-0.2, -0.15) is 0 Å². The Balaban J connectivity index is 2.41. The molecule has 0 amide bonds. The Morgan fingerprint density at radius 3 is 2.50 bits per heavy atom. The van der Waals surface area contributed by atoms with Crippen LogP contribution >= 0.6 is 0 Å². The topological polar surface area (TPSA) is 54.0 Å². The summed E-state index contributed by atoms with van der Waals surface area (Å²) in [6, 6.07) is 7.59. The van der Waals surface area contributed by atoms with Gasteiger partial charge in [0.1, 0.15) is 11.9 Å². The number of ether oxygens (including phenoxy) is 4. The molecule has 0 saturated heterocycles. The molecule has 1 rings (SSSR count). The van der Waals surface area contributed by atoms with E-state index < -0.39 is 5.97 Å². The van der Waals surface area contributed by atoms with E-state index in [9.17, 15) is 4.79 Å². The van der Waals surface area contributed by atoms with Crippen LogP contribution < -0.4 is 4.74 Å². The van der Waals surface area contributed by atoms with Crippen molar-refractivity contribution in [2.24, 2.45) is 0 Å². The van der Waals surface area contributed by atoms with Crippen molar-refractivity contribution >= 4 is 5.97 Å². The van der Waals surface area contributed by atoms with Gasteiger partial charge in [0.15, 0.2) is 0 Å². The average Bonchev–Trinajstić information content (AvgIpc) is 2.71. The Morgan fingerprint density at radius 2 is 1.89 bits per heavy atom. The highest BCUT2D eigenvalue weighted by molar-refractivity contribution is 5.88. The van der Waals surface area contributed by atoms with Crippen LogP contribution in [0.3, 0.4) is 0 Å². The van der Waals surface area contributed by atoms with Crippen molar-refractivity contribution in [3.05, 3.63) is 79.4 Å². The molecule has 0 heterocycles. The molecule has 0 radical (unpaired) electrons. The van der Waals surface area contributed by atoms with E-state index >= 15 is 0 Å². The zero-order valence-corrected chi connectivity index (χ0v) is 16.8. The molecule has 0 bridgehead atoms. The van der Waals surface area contributed by atoms with E-state index in [0.717, 1.165) is 11.3 Å². The fourth-order valence-corrected chi connectivity index (χ4v) is 2.22. The molecule has 0 aliphatic rings. The lowest BCUT2D eigenvalue weighted by Gasteiger charge is -2.16. The van der Waals surface area contributed by atoms with Crippen molar-refractivity contribution in [2.75, 3.05) is 20.3 Å². The fraction of sp³-hybridized carbons (Fsp3) is 0.348. The summed E-state index contributed by atoms with van der Waals surface area (Å²) in [5.41, 5.74) is 1.33. The summed E-state index contributed by atoms with van der Waals surface area (Å²) in [6.45, 7) is 14.2. The molecule has 0 aromatic heterocycles. The van der Waals surface area contributed by atoms with Gasteiger partial charge >= 0.3 is 5.97 Å². The number of carbonyl (C=O) groups excluding carboxylic acids is 1. The van der Waals surface area contributed by atoms with Gasteiger partial charge in [-0.25, -0.2) is 4.79 Å². The summed E-state index contributed by atoms with van der Waals surface area (Å²) >= 11 is 0. The Kier molecular flexibility index (Phi) is 11.3. The van der Waals surface area contributed by atoms with Gasteiger partial charge in [0.25, 0.3) is 0 Å². The second kappa shape index (κ2) is 13.5. The van der Waals surface area contributed by atoms with E-state index in [1.54, 1.807) is 38.3 Å². The summed E-state index contributed by atoms with van der Waals surface area (Å²) in [6.07, 6.45) is 6.50. The van der Waals surface area contributed by atoms with Crippen LogP contribution in [0.5, 0.6) is 5.75 Å². The van der Waals surface area contributed by atoms with Crippen molar-refractivity contribution in [2.45, 2.75) is 32.2 Å². The van der Waals surface area contributed by atoms with Crippen LogP contribution in [0.15, 0.2) is 73.9 Å². The zero-order chi connectivity index (χ0) is 20.8. The van der Waals surface area contributed by atoms with Crippen molar-refractivity contribution in [1.82, 2.24) is 0 Å². The molecule has 0 spiro atoms. The maximum atomic E-state index is 12.2. The third-order valence-electron chi connectivity index (χ3n) is 3.77. The summed E-state index contributed by atoms with van der Waals surface area (Å²) in [5.74, 6) is 0.333. The number of carbonyl (C=O) groups is 1. The molecular weight excluding hydrogens is 356 g/mol. The van der Waals surface area contributed by atoms with Crippen LogP contribution in [-0.2, 0) is 25.6 Å². The minimum absolute atomic E-state index is 0.317. The largest absolute Gasteiger partial charge is 0.497 e. The second-order valence-electron chi connectivity index (χ2n) is 6.11. The number of esters is 1. The third kappa shape index (κ3) is 9.35. The molecule has 28 heavy (non-hydrogen) atoms. The monoisotopic (exact) mass is 386 g/mol. The van der Waals surface area contributed by atoms with Gasteiger partial charge in [0, 0.05) is 12.0 Å². The van der Waals surface area contributed by atoms with Gasteiger partial charge in [0.2, 0.25) is 0 Å². The van der Waals surface area contributed by atoms with E-state index in [1.165, 1.54) is 0 Å². The molecule has 1 aromatic rings. The Hall–Kier alpha value is -2.63. The molecule has 5 nitrogen and oxygen atoms in total. The predicted molar refractivity (Wildman–Crippen MR) is 111 cm³/mol. The highest BCUT2D eigenvalue weighted by Gasteiger charge is 2.16. The molecule has 152 valence electrons. The SMILES string of the molecule is C=CCOC/C=C/[C@H](C)OC(=O)C(=C)C[C@@H](C=C)OCc1ccc(OC)cc1. The summed E-state index contributed by atoms with van der Waals surface area (Å²) in [7, 11) is 1.62. The minimum atomic E-state index is -0.455. The maximum absolute atomic E-state index is 12.2. The fourth-order valence-electron chi connectivity index (χ4n) is 2.22. The van der Waals surface area contributed by atoms with Crippen molar-refractivity contribution in [1.29, 1.82) is 0 Å². The van der Waals surface area contributed by atoms with Crippen LogP contribution in [0.2, 0.25) is 0 Å². The average molecular weight is 386 g/mol. The first-order valence-electron chi connectivity index (χ1n) is 9.11. The number of hydrogen-bond donors (Lipinski definition) is 0. The van der Waals surface area contributed by atoms with Crippen LogP contribution in [0.25, 0.3) is 0 Å². The maximum Gasteiger partial charge on any atom is 0.334 e. The third-order valence-corrected chi connectivity index (χ3v) is 3.77. The summed E-state index contributed by atoms with van der Waals surface area (Å²) in [4.78, 5) is 12.2. The lowest BCUT2D eigenvalue weighted by Crippen LogP contribution is -2.19. The summed E-state index contributed by atoms with van der Waals surface area (Å²) in [5, 5.41) is 0. The molecular formula is C23H30O5. The van der Waals surface area contributed by atoms with Crippen LogP contribution in [0, 0.1) is 0 Å². The Bertz CT molecular complexity index is 660. The number of hydrogen-bond acceptors (Lipinski definition) is 5. The van der Waals surface area contributed by atoms with Gasteiger partial charge < -0.3 is 18.9 Å². The van der Waals surface area contributed by atoms with Gasteiger partial charge in [-0.3, -0.25) is 0 Å². The molecule has 5 heteroatoms. The highest BCUT2D eigenvalue weighted by Crippen LogP contribution is 2.16. The lowest BCUT2D eigenvalue weighted by atomic mass is 10.1. The standard InChI is InChI=1S/C23H30O5/c1-6-14-26-15-8-9-19(4)28-23(24)18(3)16-21(7-2)27-17-20-10-12-22(25-5)13-11-20/h6-13,19,21H,1-3,14-17H2,4-5H3/b9-8+/t19-,21+/m0/s1. The first kappa shape index (κ1) is 23.4. The first-order chi connectivity index (χ1) is 13.5. The van der Waals surface area contributed by atoms with E-state index in [2.05, 4.69) is 19.7 Å². The number of rotatable bonds is 14. The van der Waals surface area contributed by atoms with E-state index in [0.29, 0.717) is 31.8 Å². The molecule has 1 aromatic carbocycles. The van der Waals surface area contributed by atoms with Crippen LogP contribution in [-0.4, -0.2) is 38.5 Å². The van der Waals surface area contributed by atoms with Gasteiger partial charge in [-0.15, -0.1) is 13.2 Å². The van der Waals surface area contributed by atoms with E-state index in [-0.39, 0.29) is 12.2 Å². The Morgan fingerprint density at radius 1 is 1.18 bits per heavy atom. The molecule has 0 aliphatic heterocycles. The molecule has 0 N–H and O–H groups in total. The molecule has 0 unspecified atom stereocenters. The highest BCUT2D eigenvalue weighted by atomic mass is 16.5. The lowest BCUT2D eigenvalue weighted by molar-refractivity contribution is -0.141. The second-order valence-corrected chi connectivity index (χ2v) is 6.11. The number of methoxy groups -OCH3 is 1. The smallest absolute Gasteiger partial charge is 0.334 e. The Labute approximate surface area is 167 Å². The minimum Gasteiger partial charge on any atom is -0.497 e. The van der Waals surface area contributed by atoms with Gasteiger partial charge in [0.05, 0.1) is 33.0 Å². The van der Waals surface area contributed by atoms with Crippen molar-refractivity contribution in [3.63, 3.8) is 0 Å². The first-order valence-corrected chi connectivity index (χ1v) is 9.11. The summed E-state index contributed by atoms with van der Waals surface area (Å²) < 4.78 is 21.5. The molecule has 2 atom stereocenters. The van der Waals surface area contributed by atoms with E-state index in [4.69, 9.17) is 18.9 Å². The molecule has 0 fully saturated rings. The van der Waals surface area contributed by atoms with Crippen molar-refractivity contribution < 1.29 is 23.7 Å². The van der Waals surface area contributed by atoms with E-state index in [1.807, 2.05) is 24.3 Å². The molecule has 0 aliphatic carbocycles.